The maximum atomic E-state index is 11.3. The number of carbonyl (C=O) groups is 1. The highest BCUT2D eigenvalue weighted by atomic mass is 32.1. The molecule has 0 aliphatic carbocycles. The van der Waals surface area contributed by atoms with Gasteiger partial charge < -0.3 is 16.8 Å². The van der Waals surface area contributed by atoms with Crippen LogP contribution in [-0.4, -0.2) is 17.4 Å². The average Bonchev–Trinajstić information content (AvgIpc) is 2.75. The van der Waals surface area contributed by atoms with E-state index in [1.807, 2.05) is 12.3 Å². The Morgan fingerprint density at radius 3 is 2.89 bits per heavy atom. The molecule has 0 aliphatic heterocycles. The van der Waals surface area contributed by atoms with Crippen LogP contribution in [0.1, 0.15) is 21.1 Å². The van der Waals surface area contributed by atoms with Crippen molar-refractivity contribution in [3.8, 4) is 0 Å². The lowest BCUT2D eigenvalue weighted by Crippen LogP contribution is -2.15. The highest BCUT2D eigenvalue weighted by molar-refractivity contribution is 7.09. The van der Waals surface area contributed by atoms with Gasteiger partial charge in [-0.15, -0.1) is 11.3 Å². The summed E-state index contributed by atoms with van der Waals surface area (Å²) < 4.78 is 0. The molecule has 5 nitrogen and oxygen atoms in total. The Hall–Kier alpha value is -2.08. The fourth-order valence-corrected chi connectivity index (χ4v) is 2.42. The number of aryl methyl sites for hydroxylation is 1. The van der Waals surface area contributed by atoms with E-state index in [0.29, 0.717) is 23.5 Å². The molecule has 19 heavy (non-hydrogen) atoms. The maximum absolute atomic E-state index is 11.3. The van der Waals surface area contributed by atoms with E-state index < -0.39 is 5.91 Å². The molecule has 5 N–H and O–H groups in total. The minimum atomic E-state index is -0.466. The van der Waals surface area contributed by atoms with Crippen LogP contribution in [-0.2, 0) is 6.42 Å². The zero-order valence-electron chi connectivity index (χ0n) is 10.6. The van der Waals surface area contributed by atoms with Crippen LogP contribution in [0.4, 0.5) is 11.4 Å². The molecule has 0 saturated carbocycles. The van der Waals surface area contributed by atoms with Gasteiger partial charge >= 0.3 is 0 Å². The summed E-state index contributed by atoms with van der Waals surface area (Å²) in [7, 11) is 0. The SMILES string of the molecule is Cc1nc(CCNc2cc(N)ccc2C(N)=O)cs1. The number of nitrogens with zero attached hydrogens (tertiary/aromatic N) is 1. The van der Waals surface area contributed by atoms with Gasteiger partial charge in [0.2, 0.25) is 0 Å². The molecule has 0 atom stereocenters. The molecule has 100 valence electrons. The normalized spacial score (nSPS) is 10.4. The number of anilines is 2. The second-order valence-corrected chi connectivity index (χ2v) is 5.27. The molecule has 1 aromatic carbocycles. The van der Waals surface area contributed by atoms with Gasteiger partial charge in [-0.25, -0.2) is 4.98 Å². The third-order valence-corrected chi connectivity index (χ3v) is 3.49. The van der Waals surface area contributed by atoms with Crippen molar-refractivity contribution in [3.63, 3.8) is 0 Å². The third kappa shape index (κ3) is 3.45. The van der Waals surface area contributed by atoms with Crippen LogP contribution in [0.25, 0.3) is 0 Å². The van der Waals surface area contributed by atoms with E-state index in [-0.39, 0.29) is 0 Å². The summed E-state index contributed by atoms with van der Waals surface area (Å²) in [6, 6.07) is 5.01. The number of nitrogen functional groups attached to an aromatic ring is 1. The van der Waals surface area contributed by atoms with Crippen molar-refractivity contribution >= 4 is 28.6 Å². The Morgan fingerprint density at radius 1 is 1.47 bits per heavy atom. The zero-order chi connectivity index (χ0) is 13.8. The Kier molecular flexibility index (Phi) is 4.01. The number of hydrogen-bond acceptors (Lipinski definition) is 5. The largest absolute Gasteiger partial charge is 0.399 e. The van der Waals surface area contributed by atoms with Gasteiger partial charge in [-0.3, -0.25) is 4.79 Å². The first-order valence-corrected chi connectivity index (χ1v) is 6.78. The first-order chi connectivity index (χ1) is 9.06. The number of primary amides is 1. The van der Waals surface area contributed by atoms with E-state index in [0.717, 1.165) is 17.1 Å². The molecule has 0 spiro atoms. The molecule has 6 heteroatoms. The second kappa shape index (κ2) is 5.71. The van der Waals surface area contributed by atoms with Gasteiger partial charge in [-0.1, -0.05) is 0 Å². The van der Waals surface area contributed by atoms with Crippen LogP contribution in [0.2, 0.25) is 0 Å². The topological polar surface area (TPSA) is 94.0 Å². The third-order valence-electron chi connectivity index (χ3n) is 2.67. The van der Waals surface area contributed by atoms with Crippen LogP contribution in [0.5, 0.6) is 0 Å². The first kappa shape index (κ1) is 13.4. The lowest BCUT2D eigenvalue weighted by atomic mass is 10.1. The summed E-state index contributed by atoms with van der Waals surface area (Å²) in [5.41, 5.74) is 13.8. The molecule has 2 aromatic rings. The predicted molar refractivity (Wildman–Crippen MR) is 78.4 cm³/mol. The van der Waals surface area contributed by atoms with E-state index in [4.69, 9.17) is 11.5 Å². The highest BCUT2D eigenvalue weighted by Gasteiger charge is 2.08. The molecule has 0 unspecified atom stereocenters. The zero-order valence-corrected chi connectivity index (χ0v) is 11.5. The van der Waals surface area contributed by atoms with Crippen molar-refractivity contribution in [2.75, 3.05) is 17.6 Å². The van der Waals surface area contributed by atoms with Gasteiger partial charge in [0.05, 0.1) is 16.3 Å². The molecule has 1 heterocycles. The number of nitrogens with one attached hydrogen (secondary N) is 1. The summed E-state index contributed by atoms with van der Waals surface area (Å²) in [5, 5.41) is 6.26. The fourth-order valence-electron chi connectivity index (χ4n) is 1.77. The molecule has 0 aliphatic rings. The molecule has 1 aromatic heterocycles. The predicted octanol–water partition coefficient (Wildman–Crippen LogP) is 1.79. The second-order valence-electron chi connectivity index (χ2n) is 4.20. The fraction of sp³-hybridized carbons (Fsp3) is 0.231. The number of amides is 1. The maximum Gasteiger partial charge on any atom is 0.250 e. The number of aromatic nitrogens is 1. The monoisotopic (exact) mass is 276 g/mol. The summed E-state index contributed by atoms with van der Waals surface area (Å²) >= 11 is 1.63. The van der Waals surface area contributed by atoms with Crippen LogP contribution >= 0.6 is 11.3 Å². The number of rotatable bonds is 5. The Labute approximate surface area is 115 Å². The number of thiazole rings is 1. The van der Waals surface area contributed by atoms with Gasteiger partial charge in [-0.05, 0) is 25.1 Å². The molecular weight excluding hydrogens is 260 g/mol. The van der Waals surface area contributed by atoms with Crippen LogP contribution in [0, 0.1) is 6.92 Å². The number of carbonyl (C=O) groups excluding carboxylic acids is 1. The van der Waals surface area contributed by atoms with Crippen molar-refractivity contribution in [2.24, 2.45) is 5.73 Å². The molecule has 2 rings (SSSR count). The Bertz CT molecular complexity index is 594. The summed E-state index contributed by atoms with van der Waals surface area (Å²) in [4.78, 5) is 15.7. The van der Waals surface area contributed by atoms with Crippen LogP contribution in [0.15, 0.2) is 23.6 Å². The van der Waals surface area contributed by atoms with E-state index in [1.54, 1.807) is 29.5 Å². The summed E-state index contributed by atoms with van der Waals surface area (Å²) in [6.07, 6.45) is 0.789. The Morgan fingerprint density at radius 2 is 2.26 bits per heavy atom. The van der Waals surface area contributed by atoms with Gasteiger partial charge in [0, 0.05) is 29.7 Å². The number of nitrogens with two attached hydrogens (primary N) is 2. The minimum Gasteiger partial charge on any atom is -0.399 e. The van der Waals surface area contributed by atoms with Crippen molar-refractivity contribution < 1.29 is 4.79 Å². The van der Waals surface area contributed by atoms with Gasteiger partial charge in [0.1, 0.15) is 0 Å². The molecule has 1 amide bonds. The molecule has 0 radical (unpaired) electrons. The first-order valence-electron chi connectivity index (χ1n) is 5.90. The van der Waals surface area contributed by atoms with Gasteiger partial charge in [0.15, 0.2) is 0 Å². The highest BCUT2D eigenvalue weighted by Crippen LogP contribution is 2.19. The van der Waals surface area contributed by atoms with Crippen LogP contribution in [0.3, 0.4) is 0 Å². The molecule has 0 saturated heterocycles. The quantitative estimate of drug-likeness (QED) is 0.726. The van der Waals surface area contributed by atoms with E-state index in [9.17, 15) is 4.79 Å². The van der Waals surface area contributed by atoms with Gasteiger partial charge in [-0.2, -0.15) is 0 Å². The van der Waals surface area contributed by atoms with Crippen molar-refractivity contribution in [2.45, 2.75) is 13.3 Å². The number of benzene rings is 1. The lowest BCUT2D eigenvalue weighted by molar-refractivity contribution is 0.100. The average molecular weight is 276 g/mol. The Balaban J connectivity index is 2.02. The molecular formula is C13H16N4OS. The van der Waals surface area contributed by atoms with E-state index in [1.165, 1.54) is 0 Å². The van der Waals surface area contributed by atoms with Crippen molar-refractivity contribution in [1.82, 2.24) is 4.98 Å². The van der Waals surface area contributed by atoms with E-state index in [2.05, 4.69) is 10.3 Å². The van der Waals surface area contributed by atoms with Crippen molar-refractivity contribution in [1.29, 1.82) is 0 Å². The lowest BCUT2D eigenvalue weighted by Gasteiger charge is -2.10. The van der Waals surface area contributed by atoms with E-state index >= 15 is 0 Å². The smallest absolute Gasteiger partial charge is 0.250 e. The standard InChI is InChI=1S/C13H16N4OS/c1-8-17-10(7-19-8)4-5-16-12-6-9(14)2-3-11(12)13(15)18/h2-3,6-7,16H,4-5,14H2,1H3,(H2,15,18). The summed E-state index contributed by atoms with van der Waals surface area (Å²) in [6.45, 7) is 2.65. The van der Waals surface area contributed by atoms with Crippen molar-refractivity contribution in [3.05, 3.63) is 39.8 Å². The van der Waals surface area contributed by atoms with Gasteiger partial charge in [0.25, 0.3) is 5.91 Å². The molecule has 0 fully saturated rings. The molecule has 0 bridgehead atoms. The van der Waals surface area contributed by atoms with Crippen LogP contribution < -0.4 is 16.8 Å². The minimum absolute atomic E-state index is 0.448. The number of hydrogen-bond donors (Lipinski definition) is 3. The summed E-state index contributed by atoms with van der Waals surface area (Å²) in [5.74, 6) is -0.466.